The van der Waals surface area contributed by atoms with E-state index in [0.29, 0.717) is 17.5 Å². The van der Waals surface area contributed by atoms with E-state index in [1.54, 1.807) is 12.1 Å². The van der Waals surface area contributed by atoms with E-state index in [1.807, 2.05) is 42.5 Å². The van der Waals surface area contributed by atoms with Gasteiger partial charge in [0.25, 0.3) is 0 Å². The second kappa shape index (κ2) is 11.9. The summed E-state index contributed by atoms with van der Waals surface area (Å²) in [6, 6.07) is 57.1. The van der Waals surface area contributed by atoms with Gasteiger partial charge in [-0.25, -0.2) is 19.3 Å². The Morgan fingerprint density at radius 2 is 0.653 bits per heavy atom. The fraction of sp³-hybridized carbons (Fsp3) is 0. The fourth-order valence-corrected chi connectivity index (χ4v) is 6.76. The standard InChI is InChI=1S/C45H28FN3/c46-36-23-20-30(21-24-36)43-47-44(34-14-8-12-31(26-34)29-10-2-1-3-11-29)49-45(48-43)35-15-9-13-32(27-35)33-22-25-41-39-18-5-4-16-37(39)38-17-6-7-19-40(38)42(41)28-33/h1-28H. The molecule has 0 aliphatic carbocycles. The molecule has 9 rings (SSSR count). The molecule has 3 nitrogen and oxygen atoms in total. The smallest absolute Gasteiger partial charge is 0.164 e. The summed E-state index contributed by atoms with van der Waals surface area (Å²) >= 11 is 0. The summed E-state index contributed by atoms with van der Waals surface area (Å²) in [5, 5.41) is 7.45. The Kier molecular flexibility index (Phi) is 6.98. The maximum absolute atomic E-state index is 13.9. The second-order valence-corrected chi connectivity index (χ2v) is 12.2. The number of nitrogens with zero attached hydrogens (tertiary/aromatic N) is 3. The van der Waals surface area contributed by atoms with Crippen molar-refractivity contribution in [3.05, 3.63) is 176 Å². The van der Waals surface area contributed by atoms with Gasteiger partial charge in [-0.2, -0.15) is 0 Å². The molecule has 0 aliphatic heterocycles. The molecule has 230 valence electrons. The van der Waals surface area contributed by atoms with Crippen molar-refractivity contribution in [3.63, 3.8) is 0 Å². The minimum absolute atomic E-state index is 0.308. The molecule has 0 amide bonds. The van der Waals surface area contributed by atoms with Gasteiger partial charge < -0.3 is 0 Å². The molecule has 0 spiro atoms. The Morgan fingerprint density at radius 3 is 1.22 bits per heavy atom. The highest BCUT2D eigenvalue weighted by Crippen LogP contribution is 2.38. The quantitative estimate of drug-likeness (QED) is 0.178. The number of aromatic nitrogens is 3. The van der Waals surface area contributed by atoms with Crippen molar-refractivity contribution >= 4 is 32.3 Å². The van der Waals surface area contributed by atoms with Crippen LogP contribution in [0.4, 0.5) is 4.39 Å². The van der Waals surface area contributed by atoms with E-state index in [9.17, 15) is 4.39 Å². The Morgan fingerprint density at radius 1 is 0.265 bits per heavy atom. The van der Waals surface area contributed by atoms with Crippen LogP contribution in [0.3, 0.4) is 0 Å². The normalized spacial score (nSPS) is 11.4. The molecule has 0 fully saturated rings. The highest BCUT2D eigenvalue weighted by atomic mass is 19.1. The van der Waals surface area contributed by atoms with E-state index >= 15 is 0 Å². The molecule has 0 aliphatic rings. The third kappa shape index (κ3) is 5.30. The molecule has 49 heavy (non-hydrogen) atoms. The zero-order valence-corrected chi connectivity index (χ0v) is 26.4. The first-order valence-electron chi connectivity index (χ1n) is 16.3. The Bertz CT molecular complexity index is 2630. The van der Waals surface area contributed by atoms with E-state index in [4.69, 9.17) is 15.0 Å². The summed E-state index contributed by atoms with van der Waals surface area (Å²) in [6.45, 7) is 0. The number of hydrogen-bond acceptors (Lipinski definition) is 3. The number of hydrogen-bond donors (Lipinski definition) is 0. The van der Waals surface area contributed by atoms with Crippen LogP contribution < -0.4 is 0 Å². The number of halogens is 1. The van der Waals surface area contributed by atoms with Crippen LogP contribution in [0, 0.1) is 5.82 Å². The van der Waals surface area contributed by atoms with E-state index in [2.05, 4.69) is 103 Å². The largest absolute Gasteiger partial charge is 0.208 e. The third-order valence-corrected chi connectivity index (χ3v) is 9.16. The Balaban J connectivity index is 1.19. The van der Waals surface area contributed by atoms with E-state index in [1.165, 1.54) is 44.5 Å². The highest BCUT2D eigenvalue weighted by molar-refractivity contribution is 6.25. The molecular formula is C45H28FN3. The molecule has 0 unspecified atom stereocenters. The van der Waals surface area contributed by atoms with Crippen LogP contribution in [0.15, 0.2) is 170 Å². The molecule has 1 aromatic heterocycles. The average molecular weight is 630 g/mol. The van der Waals surface area contributed by atoms with Gasteiger partial charge >= 0.3 is 0 Å². The maximum Gasteiger partial charge on any atom is 0.164 e. The molecular weight excluding hydrogens is 602 g/mol. The van der Waals surface area contributed by atoms with Gasteiger partial charge in [-0.05, 0) is 97.0 Å². The predicted molar refractivity (Wildman–Crippen MR) is 199 cm³/mol. The van der Waals surface area contributed by atoms with Gasteiger partial charge in [-0.1, -0.05) is 127 Å². The summed E-state index contributed by atoms with van der Waals surface area (Å²) in [6.07, 6.45) is 0. The number of rotatable bonds is 5. The SMILES string of the molecule is Fc1ccc(-c2nc(-c3cccc(-c4ccccc4)c3)nc(-c3cccc(-c4ccc5c6ccccc6c6ccccc6c5c4)c3)n2)cc1. The molecule has 0 N–H and O–H groups in total. The molecule has 0 radical (unpaired) electrons. The van der Waals surface area contributed by atoms with E-state index in [0.717, 1.165) is 38.9 Å². The molecule has 0 saturated carbocycles. The van der Waals surface area contributed by atoms with Crippen molar-refractivity contribution in [1.29, 1.82) is 0 Å². The van der Waals surface area contributed by atoms with Crippen molar-refractivity contribution in [2.45, 2.75) is 0 Å². The van der Waals surface area contributed by atoms with Gasteiger partial charge in [0.2, 0.25) is 0 Å². The maximum atomic E-state index is 13.9. The van der Waals surface area contributed by atoms with Crippen LogP contribution >= 0.6 is 0 Å². The first-order valence-corrected chi connectivity index (χ1v) is 16.3. The van der Waals surface area contributed by atoms with Crippen molar-refractivity contribution in [2.75, 3.05) is 0 Å². The molecule has 8 aromatic carbocycles. The summed E-state index contributed by atoms with van der Waals surface area (Å²) in [5.74, 6) is 1.28. The second-order valence-electron chi connectivity index (χ2n) is 12.2. The van der Waals surface area contributed by atoms with Gasteiger partial charge in [0.05, 0.1) is 0 Å². The van der Waals surface area contributed by atoms with Crippen molar-refractivity contribution in [1.82, 2.24) is 15.0 Å². The first-order chi connectivity index (χ1) is 24.2. The Hall–Kier alpha value is -6.52. The van der Waals surface area contributed by atoms with Crippen LogP contribution in [0.2, 0.25) is 0 Å². The lowest BCUT2D eigenvalue weighted by Gasteiger charge is -2.13. The molecule has 1 heterocycles. The van der Waals surface area contributed by atoms with Crippen LogP contribution in [0.25, 0.3) is 88.7 Å². The molecule has 4 heteroatoms. The summed E-state index contributed by atoms with van der Waals surface area (Å²) in [4.78, 5) is 14.8. The van der Waals surface area contributed by atoms with Crippen LogP contribution in [0.1, 0.15) is 0 Å². The third-order valence-electron chi connectivity index (χ3n) is 9.16. The molecule has 0 atom stereocenters. The summed E-state index contributed by atoms with van der Waals surface area (Å²) < 4.78 is 13.9. The number of fused-ring (bicyclic) bond motifs is 6. The molecule has 0 bridgehead atoms. The van der Waals surface area contributed by atoms with Crippen molar-refractivity contribution in [2.24, 2.45) is 0 Å². The number of benzene rings is 8. The predicted octanol–water partition coefficient (Wildman–Crippen LogP) is 11.8. The average Bonchev–Trinajstić information content (AvgIpc) is 3.18. The zero-order valence-electron chi connectivity index (χ0n) is 26.4. The van der Waals surface area contributed by atoms with Gasteiger partial charge in [0.15, 0.2) is 17.5 Å². The summed E-state index contributed by atoms with van der Waals surface area (Å²) in [7, 11) is 0. The van der Waals surface area contributed by atoms with Gasteiger partial charge in [0, 0.05) is 16.7 Å². The highest BCUT2D eigenvalue weighted by Gasteiger charge is 2.15. The molecule has 0 saturated heterocycles. The minimum Gasteiger partial charge on any atom is -0.208 e. The molecule has 9 aromatic rings. The Labute approximate surface area is 283 Å². The summed E-state index contributed by atoms with van der Waals surface area (Å²) in [5.41, 5.74) is 6.82. The fourth-order valence-electron chi connectivity index (χ4n) is 6.76. The van der Waals surface area contributed by atoms with Gasteiger partial charge in [-0.15, -0.1) is 0 Å². The monoisotopic (exact) mass is 629 g/mol. The van der Waals surface area contributed by atoms with Crippen molar-refractivity contribution in [3.8, 4) is 56.4 Å². The van der Waals surface area contributed by atoms with E-state index < -0.39 is 0 Å². The van der Waals surface area contributed by atoms with E-state index in [-0.39, 0.29) is 5.82 Å². The van der Waals surface area contributed by atoms with Crippen LogP contribution in [0.5, 0.6) is 0 Å². The van der Waals surface area contributed by atoms with Crippen LogP contribution in [-0.4, -0.2) is 15.0 Å². The van der Waals surface area contributed by atoms with Gasteiger partial charge in [-0.3, -0.25) is 0 Å². The minimum atomic E-state index is -0.308. The first kappa shape index (κ1) is 28.7. The lowest BCUT2D eigenvalue weighted by Crippen LogP contribution is -2.00. The zero-order chi connectivity index (χ0) is 32.7. The lowest BCUT2D eigenvalue weighted by atomic mass is 9.92. The topological polar surface area (TPSA) is 38.7 Å². The van der Waals surface area contributed by atoms with Crippen LogP contribution in [-0.2, 0) is 0 Å². The van der Waals surface area contributed by atoms with Crippen molar-refractivity contribution < 1.29 is 4.39 Å². The van der Waals surface area contributed by atoms with Gasteiger partial charge in [0.1, 0.15) is 5.82 Å². The lowest BCUT2D eigenvalue weighted by molar-refractivity contribution is 0.628.